The van der Waals surface area contributed by atoms with E-state index in [1.165, 1.54) is 12.1 Å². The minimum Gasteiger partial charge on any atom is -0.478 e. The van der Waals surface area contributed by atoms with E-state index in [-0.39, 0.29) is 11.6 Å². The van der Waals surface area contributed by atoms with Crippen LogP contribution < -0.4 is 5.32 Å². The number of nitrogens with one attached hydrogen (secondary N) is 1. The van der Waals surface area contributed by atoms with Gasteiger partial charge >= 0.3 is 5.97 Å². The Hall–Kier alpha value is -1.62. The molecule has 0 fully saturated rings. The highest BCUT2D eigenvalue weighted by atomic mass is 19.1. The number of likely N-dealkylation sites (N-methyl/N-ethyl adjacent to an activating group) is 1. The lowest BCUT2D eigenvalue weighted by molar-refractivity contribution is 0.0692. The Labute approximate surface area is 119 Å². The summed E-state index contributed by atoms with van der Waals surface area (Å²) in [6.07, 6.45) is 0.959. The van der Waals surface area contributed by atoms with Crippen LogP contribution in [0.1, 0.15) is 30.6 Å². The number of nitrogens with zero attached hydrogens (tertiary/aromatic N) is 1. The van der Waals surface area contributed by atoms with E-state index in [9.17, 15) is 9.18 Å². The number of hydrogen-bond donors (Lipinski definition) is 2. The van der Waals surface area contributed by atoms with Gasteiger partial charge in [0.1, 0.15) is 5.82 Å². The second kappa shape index (κ2) is 7.24. The van der Waals surface area contributed by atoms with Crippen LogP contribution in [0, 0.1) is 11.7 Å². The van der Waals surface area contributed by atoms with Gasteiger partial charge in [0.2, 0.25) is 0 Å². The van der Waals surface area contributed by atoms with Gasteiger partial charge in [-0.2, -0.15) is 0 Å². The predicted octanol–water partition coefficient (Wildman–Crippen LogP) is 2.91. The second-order valence-electron chi connectivity index (χ2n) is 5.73. The SMILES string of the molecule is CC(C)CC(CN(C)C)Nc1ccc(C(=O)O)c(F)c1. The molecule has 5 heteroatoms. The molecule has 112 valence electrons. The minimum atomic E-state index is -1.25. The van der Waals surface area contributed by atoms with Crippen molar-refractivity contribution in [2.45, 2.75) is 26.3 Å². The first-order chi connectivity index (χ1) is 9.29. The molecule has 0 aliphatic rings. The van der Waals surface area contributed by atoms with E-state index in [1.807, 2.05) is 14.1 Å². The maximum Gasteiger partial charge on any atom is 0.338 e. The molecule has 2 N–H and O–H groups in total. The normalized spacial score (nSPS) is 12.8. The predicted molar refractivity (Wildman–Crippen MR) is 78.8 cm³/mol. The van der Waals surface area contributed by atoms with E-state index in [4.69, 9.17) is 5.11 Å². The molecule has 0 aliphatic carbocycles. The third-order valence-corrected chi connectivity index (χ3v) is 2.91. The number of benzene rings is 1. The highest BCUT2D eigenvalue weighted by Crippen LogP contribution is 2.18. The number of carboxylic acids is 1. The van der Waals surface area contributed by atoms with Crippen LogP contribution in [0.3, 0.4) is 0 Å². The second-order valence-corrected chi connectivity index (χ2v) is 5.73. The number of hydrogen-bond acceptors (Lipinski definition) is 3. The monoisotopic (exact) mass is 282 g/mol. The smallest absolute Gasteiger partial charge is 0.338 e. The van der Waals surface area contributed by atoms with Crippen LogP contribution in [0.5, 0.6) is 0 Å². The number of carboxylic acid groups (broad SMARTS) is 1. The Kier molecular flexibility index (Phi) is 5.95. The molecule has 20 heavy (non-hydrogen) atoms. The maximum absolute atomic E-state index is 13.6. The molecule has 0 aliphatic heterocycles. The van der Waals surface area contributed by atoms with E-state index in [0.717, 1.165) is 13.0 Å². The average Bonchev–Trinajstić information content (AvgIpc) is 2.26. The fourth-order valence-corrected chi connectivity index (χ4v) is 2.20. The van der Waals surface area contributed by atoms with Crippen LogP contribution in [-0.4, -0.2) is 42.7 Å². The Morgan fingerprint density at radius 1 is 1.40 bits per heavy atom. The van der Waals surface area contributed by atoms with E-state index >= 15 is 0 Å². The zero-order valence-corrected chi connectivity index (χ0v) is 12.5. The Bertz CT molecular complexity index is 451. The lowest BCUT2D eigenvalue weighted by Gasteiger charge is -2.25. The van der Waals surface area contributed by atoms with Gasteiger partial charge in [-0.1, -0.05) is 13.8 Å². The Morgan fingerprint density at radius 2 is 2.05 bits per heavy atom. The third-order valence-electron chi connectivity index (χ3n) is 2.91. The maximum atomic E-state index is 13.6. The van der Waals surface area contributed by atoms with Gasteiger partial charge in [-0.3, -0.25) is 0 Å². The lowest BCUT2D eigenvalue weighted by Crippen LogP contribution is -2.33. The van der Waals surface area contributed by atoms with Crippen molar-refractivity contribution < 1.29 is 14.3 Å². The van der Waals surface area contributed by atoms with Gasteiger partial charge in [0.05, 0.1) is 5.56 Å². The number of aromatic carboxylic acids is 1. The van der Waals surface area contributed by atoms with Crippen LogP contribution in [0.15, 0.2) is 18.2 Å². The average molecular weight is 282 g/mol. The van der Waals surface area contributed by atoms with Crippen LogP contribution in [0.25, 0.3) is 0 Å². The summed E-state index contributed by atoms with van der Waals surface area (Å²) in [5.41, 5.74) is 0.309. The summed E-state index contributed by atoms with van der Waals surface area (Å²) in [6, 6.07) is 4.34. The first kappa shape index (κ1) is 16.4. The van der Waals surface area contributed by atoms with Crippen molar-refractivity contribution in [3.05, 3.63) is 29.6 Å². The molecule has 1 atom stereocenters. The van der Waals surface area contributed by atoms with Gasteiger partial charge in [0.15, 0.2) is 0 Å². The molecule has 0 bridgehead atoms. The third kappa shape index (κ3) is 5.17. The Balaban J connectivity index is 2.82. The van der Waals surface area contributed by atoms with Gasteiger partial charge in [0, 0.05) is 18.3 Å². The summed E-state index contributed by atoms with van der Waals surface area (Å²) in [4.78, 5) is 12.9. The molecule has 1 unspecified atom stereocenters. The summed E-state index contributed by atoms with van der Waals surface area (Å²) in [5.74, 6) is -1.44. The molecule has 0 saturated heterocycles. The molecule has 4 nitrogen and oxygen atoms in total. The van der Waals surface area contributed by atoms with Gasteiger partial charge in [-0.05, 0) is 44.6 Å². The molecule has 0 aromatic heterocycles. The largest absolute Gasteiger partial charge is 0.478 e. The standard InChI is InChI=1S/C15H23FN2O2/c1-10(2)7-12(9-18(3)4)17-11-5-6-13(15(19)20)14(16)8-11/h5-6,8,10,12,17H,7,9H2,1-4H3,(H,19,20). The summed E-state index contributed by atoms with van der Waals surface area (Å²) in [5, 5.41) is 12.1. The molecule has 1 aromatic carbocycles. The summed E-state index contributed by atoms with van der Waals surface area (Å²) in [7, 11) is 3.98. The van der Waals surface area contributed by atoms with Crippen molar-refractivity contribution >= 4 is 11.7 Å². The number of rotatable bonds is 7. The van der Waals surface area contributed by atoms with E-state index in [2.05, 4.69) is 24.1 Å². The highest BCUT2D eigenvalue weighted by molar-refractivity contribution is 5.88. The molecule has 1 aromatic rings. The number of carbonyl (C=O) groups is 1. The first-order valence-electron chi connectivity index (χ1n) is 6.73. The van der Waals surface area contributed by atoms with Gasteiger partial charge in [-0.25, -0.2) is 9.18 Å². The number of halogens is 1. The molecular weight excluding hydrogens is 259 g/mol. The zero-order chi connectivity index (χ0) is 15.3. The van der Waals surface area contributed by atoms with E-state index in [1.54, 1.807) is 6.07 Å². The van der Waals surface area contributed by atoms with Crippen molar-refractivity contribution in [1.29, 1.82) is 0 Å². The molecule has 0 amide bonds. The topological polar surface area (TPSA) is 52.6 Å². The fraction of sp³-hybridized carbons (Fsp3) is 0.533. The van der Waals surface area contributed by atoms with Gasteiger partial charge in [-0.15, -0.1) is 0 Å². The zero-order valence-electron chi connectivity index (χ0n) is 12.5. The quantitative estimate of drug-likeness (QED) is 0.807. The van der Waals surface area contributed by atoms with E-state index in [0.29, 0.717) is 11.6 Å². The molecule has 0 spiro atoms. The lowest BCUT2D eigenvalue weighted by atomic mass is 10.0. The summed E-state index contributed by atoms with van der Waals surface area (Å²) < 4.78 is 13.6. The van der Waals surface area contributed by atoms with Crippen molar-refractivity contribution in [2.24, 2.45) is 5.92 Å². The van der Waals surface area contributed by atoms with Crippen LogP contribution >= 0.6 is 0 Å². The molecule has 0 saturated carbocycles. The first-order valence-corrected chi connectivity index (χ1v) is 6.73. The van der Waals surface area contributed by atoms with E-state index < -0.39 is 11.8 Å². The molecule has 0 radical (unpaired) electrons. The van der Waals surface area contributed by atoms with Gasteiger partial charge < -0.3 is 15.3 Å². The summed E-state index contributed by atoms with van der Waals surface area (Å²) in [6.45, 7) is 5.11. The van der Waals surface area contributed by atoms with Crippen molar-refractivity contribution in [3.8, 4) is 0 Å². The Morgan fingerprint density at radius 3 is 2.50 bits per heavy atom. The van der Waals surface area contributed by atoms with Crippen LogP contribution in [0.4, 0.5) is 10.1 Å². The minimum absolute atomic E-state index is 0.195. The van der Waals surface area contributed by atoms with Crippen LogP contribution in [0.2, 0.25) is 0 Å². The van der Waals surface area contributed by atoms with Gasteiger partial charge in [0.25, 0.3) is 0 Å². The van der Waals surface area contributed by atoms with Crippen molar-refractivity contribution in [2.75, 3.05) is 26.0 Å². The molecular formula is C15H23FN2O2. The molecule has 0 heterocycles. The van der Waals surface area contributed by atoms with Crippen LogP contribution in [-0.2, 0) is 0 Å². The van der Waals surface area contributed by atoms with Crippen molar-refractivity contribution in [3.63, 3.8) is 0 Å². The highest BCUT2D eigenvalue weighted by Gasteiger charge is 2.14. The number of anilines is 1. The summed E-state index contributed by atoms with van der Waals surface area (Å²) >= 11 is 0. The van der Waals surface area contributed by atoms with Crippen molar-refractivity contribution in [1.82, 2.24) is 4.90 Å². The fourth-order valence-electron chi connectivity index (χ4n) is 2.20. The molecule has 1 rings (SSSR count).